The summed E-state index contributed by atoms with van der Waals surface area (Å²) in [5.74, 6) is 0. The van der Waals surface area contributed by atoms with Crippen LogP contribution in [0.1, 0.15) is 17.5 Å². The topological polar surface area (TPSA) is 40.6 Å². The molecule has 2 heterocycles. The summed E-state index contributed by atoms with van der Waals surface area (Å²) >= 11 is 11.9. The number of nitrogens with one attached hydrogen (secondary N) is 1. The standard InChI is InChI=1S/C21H27ClN4OS/c1-17-14-19(5-6-20(17)22)24-21(28)26(16-18-4-2-7-23-15-18)9-3-8-25-10-12-27-13-11-25/h2,4-7,14-15H,3,8-13,16H2,1H3,(H,24,28). The van der Waals surface area contributed by atoms with E-state index < -0.39 is 0 Å². The average Bonchev–Trinajstić information content (AvgIpc) is 2.71. The molecule has 28 heavy (non-hydrogen) atoms. The highest BCUT2D eigenvalue weighted by atomic mass is 35.5. The number of anilines is 1. The summed E-state index contributed by atoms with van der Waals surface area (Å²) in [6.45, 7) is 8.33. The van der Waals surface area contributed by atoms with Gasteiger partial charge in [0, 0.05) is 55.8 Å². The minimum Gasteiger partial charge on any atom is -0.379 e. The van der Waals surface area contributed by atoms with Gasteiger partial charge in [-0.3, -0.25) is 9.88 Å². The molecule has 1 aromatic heterocycles. The van der Waals surface area contributed by atoms with E-state index in [0.717, 1.165) is 74.2 Å². The Balaban J connectivity index is 1.61. The molecule has 1 N–H and O–H groups in total. The van der Waals surface area contributed by atoms with Crippen LogP contribution in [0.3, 0.4) is 0 Å². The van der Waals surface area contributed by atoms with Gasteiger partial charge < -0.3 is 15.0 Å². The van der Waals surface area contributed by atoms with E-state index in [1.807, 2.05) is 37.4 Å². The monoisotopic (exact) mass is 418 g/mol. The van der Waals surface area contributed by atoms with Crippen molar-refractivity contribution in [3.8, 4) is 0 Å². The quantitative estimate of drug-likeness (QED) is 0.686. The van der Waals surface area contributed by atoms with E-state index in [1.54, 1.807) is 6.20 Å². The van der Waals surface area contributed by atoms with Gasteiger partial charge >= 0.3 is 0 Å². The summed E-state index contributed by atoms with van der Waals surface area (Å²) in [6, 6.07) is 9.91. The maximum absolute atomic E-state index is 6.14. The van der Waals surface area contributed by atoms with E-state index >= 15 is 0 Å². The van der Waals surface area contributed by atoms with Crippen LogP contribution in [0.4, 0.5) is 5.69 Å². The van der Waals surface area contributed by atoms with Crippen LogP contribution in [0.25, 0.3) is 0 Å². The molecule has 5 nitrogen and oxygen atoms in total. The first-order valence-corrected chi connectivity index (χ1v) is 10.4. The number of hydrogen-bond acceptors (Lipinski definition) is 4. The molecule has 0 saturated carbocycles. The van der Waals surface area contributed by atoms with E-state index in [0.29, 0.717) is 5.11 Å². The number of rotatable bonds is 7. The number of aryl methyl sites for hydroxylation is 1. The summed E-state index contributed by atoms with van der Waals surface area (Å²) in [4.78, 5) is 8.88. The van der Waals surface area contributed by atoms with Gasteiger partial charge in [-0.2, -0.15) is 0 Å². The van der Waals surface area contributed by atoms with E-state index in [1.165, 1.54) is 0 Å². The number of morpholine rings is 1. The molecule has 1 saturated heterocycles. The SMILES string of the molecule is Cc1cc(NC(=S)N(CCCN2CCOCC2)Cc2cccnc2)ccc1Cl. The minimum absolute atomic E-state index is 0.715. The second-order valence-corrected chi connectivity index (χ2v) is 7.78. The maximum Gasteiger partial charge on any atom is 0.173 e. The van der Waals surface area contributed by atoms with Crippen molar-refractivity contribution in [1.82, 2.24) is 14.8 Å². The van der Waals surface area contributed by atoms with Gasteiger partial charge in [0.15, 0.2) is 5.11 Å². The Hall–Kier alpha value is -1.73. The Labute approximate surface area is 177 Å². The summed E-state index contributed by atoms with van der Waals surface area (Å²) in [5.41, 5.74) is 3.13. The lowest BCUT2D eigenvalue weighted by Gasteiger charge is -2.29. The normalized spacial score (nSPS) is 14.6. The number of hydrogen-bond donors (Lipinski definition) is 1. The summed E-state index contributed by atoms with van der Waals surface area (Å²) in [7, 11) is 0. The van der Waals surface area contributed by atoms with Crippen molar-refractivity contribution in [2.24, 2.45) is 0 Å². The molecule has 2 aromatic rings. The van der Waals surface area contributed by atoms with Crippen molar-refractivity contribution in [3.05, 3.63) is 58.9 Å². The van der Waals surface area contributed by atoms with Gasteiger partial charge in [-0.05, 0) is 61.0 Å². The van der Waals surface area contributed by atoms with Crippen LogP contribution in [0.2, 0.25) is 5.02 Å². The molecule has 1 aliphatic rings. The Kier molecular flexibility index (Phi) is 8.03. The van der Waals surface area contributed by atoms with Crippen molar-refractivity contribution in [2.75, 3.05) is 44.7 Å². The first kappa shape index (κ1) is 21.0. The number of ether oxygens (including phenoxy) is 1. The Morgan fingerprint density at radius 1 is 1.32 bits per heavy atom. The molecule has 0 atom stereocenters. The largest absolute Gasteiger partial charge is 0.379 e. The molecule has 1 aliphatic heterocycles. The molecule has 150 valence electrons. The van der Waals surface area contributed by atoms with Crippen molar-refractivity contribution >= 4 is 34.6 Å². The van der Waals surface area contributed by atoms with Gasteiger partial charge in [0.1, 0.15) is 0 Å². The zero-order valence-electron chi connectivity index (χ0n) is 16.2. The summed E-state index contributed by atoms with van der Waals surface area (Å²) < 4.78 is 5.43. The molecular formula is C21H27ClN4OS. The van der Waals surface area contributed by atoms with Gasteiger partial charge in [0.25, 0.3) is 0 Å². The molecule has 1 fully saturated rings. The van der Waals surface area contributed by atoms with Gasteiger partial charge in [-0.15, -0.1) is 0 Å². The number of benzene rings is 1. The second-order valence-electron chi connectivity index (χ2n) is 6.98. The molecule has 0 radical (unpaired) electrons. The van der Waals surface area contributed by atoms with Gasteiger partial charge in [-0.25, -0.2) is 0 Å². The summed E-state index contributed by atoms with van der Waals surface area (Å²) in [5, 5.41) is 4.84. The molecule has 0 bridgehead atoms. The Morgan fingerprint density at radius 2 is 2.14 bits per heavy atom. The molecule has 0 aliphatic carbocycles. The van der Waals surface area contributed by atoms with Gasteiger partial charge in [0.05, 0.1) is 13.2 Å². The lowest BCUT2D eigenvalue weighted by atomic mass is 10.2. The molecule has 1 aromatic carbocycles. The van der Waals surface area contributed by atoms with Crippen molar-refractivity contribution < 1.29 is 4.74 Å². The summed E-state index contributed by atoms with van der Waals surface area (Å²) in [6.07, 6.45) is 4.73. The Bertz CT molecular complexity index is 768. The second kappa shape index (κ2) is 10.7. The van der Waals surface area contributed by atoms with Gasteiger partial charge in [-0.1, -0.05) is 17.7 Å². The van der Waals surface area contributed by atoms with E-state index in [2.05, 4.69) is 26.2 Å². The highest BCUT2D eigenvalue weighted by Crippen LogP contribution is 2.20. The van der Waals surface area contributed by atoms with Crippen LogP contribution < -0.4 is 5.32 Å². The lowest BCUT2D eigenvalue weighted by Crippen LogP contribution is -2.40. The average molecular weight is 419 g/mol. The number of halogens is 1. The van der Waals surface area contributed by atoms with Crippen LogP contribution in [0.15, 0.2) is 42.7 Å². The highest BCUT2D eigenvalue weighted by molar-refractivity contribution is 7.80. The molecule has 7 heteroatoms. The minimum atomic E-state index is 0.715. The van der Waals surface area contributed by atoms with Crippen LogP contribution in [-0.2, 0) is 11.3 Å². The fourth-order valence-electron chi connectivity index (χ4n) is 3.20. The zero-order valence-corrected chi connectivity index (χ0v) is 17.8. The fraction of sp³-hybridized carbons (Fsp3) is 0.429. The predicted molar refractivity (Wildman–Crippen MR) is 119 cm³/mol. The number of aromatic nitrogens is 1. The third-order valence-electron chi connectivity index (χ3n) is 4.80. The zero-order chi connectivity index (χ0) is 19.8. The van der Waals surface area contributed by atoms with E-state index in [-0.39, 0.29) is 0 Å². The fourth-order valence-corrected chi connectivity index (χ4v) is 3.59. The smallest absolute Gasteiger partial charge is 0.173 e. The van der Waals surface area contributed by atoms with Crippen molar-refractivity contribution in [3.63, 3.8) is 0 Å². The molecular weight excluding hydrogens is 392 g/mol. The van der Waals surface area contributed by atoms with Crippen LogP contribution in [0, 0.1) is 6.92 Å². The third-order valence-corrected chi connectivity index (χ3v) is 5.58. The van der Waals surface area contributed by atoms with Gasteiger partial charge in [0.2, 0.25) is 0 Å². The van der Waals surface area contributed by atoms with Crippen molar-refractivity contribution in [1.29, 1.82) is 0 Å². The number of pyridine rings is 1. The molecule has 0 unspecified atom stereocenters. The van der Waals surface area contributed by atoms with E-state index in [4.69, 9.17) is 28.6 Å². The lowest BCUT2D eigenvalue weighted by molar-refractivity contribution is 0.0368. The molecule has 0 spiro atoms. The first-order chi connectivity index (χ1) is 13.6. The van der Waals surface area contributed by atoms with Crippen LogP contribution in [0.5, 0.6) is 0 Å². The van der Waals surface area contributed by atoms with Crippen molar-refractivity contribution in [2.45, 2.75) is 19.9 Å². The van der Waals surface area contributed by atoms with E-state index in [9.17, 15) is 0 Å². The Morgan fingerprint density at radius 3 is 2.86 bits per heavy atom. The predicted octanol–water partition coefficient (Wildman–Crippen LogP) is 3.96. The third kappa shape index (κ3) is 6.41. The molecule has 0 amide bonds. The first-order valence-electron chi connectivity index (χ1n) is 9.63. The number of thiocarbonyl (C=S) groups is 1. The molecule has 3 rings (SSSR count). The highest BCUT2D eigenvalue weighted by Gasteiger charge is 2.14. The van der Waals surface area contributed by atoms with Crippen LogP contribution in [-0.4, -0.2) is 59.3 Å². The maximum atomic E-state index is 6.14. The van der Waals surface area contributed by atoms with Crippen LogP contribution >= 0.6 is 23.8 Å². The number of nitrogens with zero attached hydrogens (tertiary/aromatic N) is 3.